The molecule has 2 aromatic carbocycles. The highest BCUT2D eigenvalue weighted by atomic mass is 16.1. The molecule has 4 heteroatoms. The standard InChI is InChI=1S/C29H31N2O2/c1-28(2)22-12-8-10-14-24(22)30(18-20-32)26(28)16-6-5-7-17-27-29(3,4)23-13-9-11-15-25(23)31(27)19-21-33/h5-17,20-21H,18-19H2,1-4H3/q+1. The van der Waals surface area contributed by atoms with Gasteiger partial charge in [-0.2, -0.15) is 4.58 Å². The van der Waals surface area contributed by atoms with Crippen molar-refractivity contribution in [2.75, 3.05) is 18.0 Å². The van der Waals surface area contributed by atoms with Gasteiger partial charge in [0.25, 0.3) is 0 Å². The highest BCUT2D eigenvalue weighted by Gasteiger charge is 2.43. The summed E-state index contributed by atoms with van der Waals surface area (Å²) < 4.78 is 2.09. The summed E-state index contributed by atoms with van der Waals surface area (Å²) >= 11 is 0. The van der Waals surface area contributed by atoms with Crippen LogP contribution in [0.5, 0.6) is 0 Å². The molecule has 0 spiro atoms. The van der Waals surface area contributed by atoms with Crippen LogP contribution < -0.4 is 4.90 Å². The fourth-order valence-electron chi connectivity index (χ4n) is 5.18. The van der Waals surface area contributed by atoms with Gasteiger partial charge in [0, 0.05) is 34.5 Å². The van der Waals surface area contributed by atoms with Crippen molar-refractivity contribution in [1.29, 1.82) is 0 Å². The second-order valence-electron chi connectivity index (χ2n) is 9.52. The van der Waals surface area contributed by atoms with E-state index in [4.69, 9.17) is 0 Å². The molecule has 2 aromatic rings. The first-order valence-electron chi connectivity index (χ1n) is 11.4. The molecule has 168 valence electrons. The van der Waals surface area contributed by atoms with Crippen LogP contribution in [0.4, 0.5) is 11.4 Å². The second-order valence-corrected chi connectivity index (χ2v) is 9.52. The minimum absolute atomic E-state index is 0.182. The van der Waals surface area contributed by atoms with Gasteiger partial charge in [0.2, 0.25) is 12.2 Å². The molecule has 0 aliphatic carbocycles. The average molecular weight is 440 g/mol. The predicted octanol–water partition coefficient (Wildman–Crippen LogP) is 5.25. The van der Waals surface area contributed by atoms with E-state index in [-0.39, 0.29) is 10.8 Å². The fraction of sp³-hybridized carbons (Fsp3) is 0.276. The molecule has 0 atom stereocenters. The SMILES string of the molecule is CC1(C)C(/C=C/C=C/C=C2\N(CC=O)c3ccccc3C2(C)C)=[N+](CC=O)c2ccccc21. The molecular weight excluding hydrogens is 408 g/mol. The summed E-state index contributed by atoms with van der Waals surface area (Å²) in [5.41, 5.74) is 6.48. The summed E-state index contributed by atoms with van der Waals surface area (Å²) in [6.45, 7) is 9.44. The number of fused-ring (bicyclic) bond motifs is 2. The maximum Gasteiger partial charge on any atom is 0.210 e. The van der Waals surface area contributed by atoms with Crippen molar-refractivity contribution < 1.29 is 14.2 Å². The maximum atomic E-state index is 11.4. The van der Waals surface area contributed by atoms with Crippen molar-refractivity contribution in [2.45, 2.75) is 38.5 Å². The Morgan fingerprint density at radius 1 is 0.818 bits per heavy atom. The van der Waals surface area contributed by atoms with E-state index in [1.54, 1.807) is 0 Å². The van der Waals surface area contributed by atoms with E-state index in [0.29, 0.717) is 13.1 Å². The fourth-order valence-corrected chi connectivity index (χ4v) is 5.18. The first-order valence-corrected chi connectivity index (χ1v) is 11.4. The van der Waals surface area contributed by atoms with Gasteiger partial charge in [-0.25, -0.2) is 0 Å². The van der Waals surface area contributed by atoms with Crippen molar-refractivity contribution in [1.82, 2.24) is 0 Å². The highest BCUT2D eigenvalue weighted by Crippen LogP contribution is 2.47. The lowest BCUT2D eigenvalue weighted by Gasteiger charge is -2.25. The average Bonchev–Trinajstić information content (AvgIpc) is 3.14. The number of para-hydroxylation sites is 2. The third-order valence-electron chi connectivity index (χ3n) is 6.84. The normalized spacial score (nSPS) is 19.5. The Labute approximate surface area is 196 Å². The number of benzene rings is 2. The largest absolute Gasteiger partial charge is 0.337 e. The molecule has 2 aliphatic heterocycles. The number of hydrogen-bond donors (Lipinski definition) is 0. The minimum Gasteiger partial charge on any atom is -0.337 e. The minimum atomic E-state index is -0.182. The molecule has 0 radical (unpaired) electrons. The summed E-state index contributed by atoms with van der Waals surface area (Å²) in [7, 11) is 0. The van der Waals surface area contributed by atoms with Gasteiger partial charge in [0.15, 0.2) is 12.0 Å². The van der Waals surface area contributed by atoms with Gasteiger partial charge in [-0.3, -0.25) is 4.79 Å². The Bertz CT molecular complexity index is 1210. The van der Waals surface area contributed by atoms with Crippen LogP contribution in [0.1, 0.15) is 38.8 Å². The molecule has 0 aromatic heterocycles. The van der Waals surface area contributed by atoms with Gasteiger partial charge < -0.3 is 9.69 Å². The van der Waals surface area contributed by atoms with Crippen molar-refractivity contribution in [3.05, 3.63) is 95.7 Å². The van der Waals surface area contributed by atoms with Crippen LogP contribution in [0.2, 0.25) is 0 Å². The molecule has 33 heavy (non-hydrogen) atoms. The first-order chi connectivity index (χ1) is 15.8. The van der Waals surface area contributed by atoms with Gasteiger partial charge in [0.05, 0.1) is 12.0 Å². The lowest BCUT2D eigenvalue weighted by Crippen LogP contribution is -2.28. The molecule has 4 nitrogen and oxygen atoms in total. The van der Waals surface area contributed by atoms with E-state index in [1.807, 2.05) is 42.5 Å². The number of carbonyl (C=O) groups excluding carboxylic acids is 2. The molecule has 0 bridgehead atoms. The molecule has 0 fully saturated rings. The van der Waals surface area contributed by atoms with Crippen molar-refractivity contribution >= 4 is 29.7 Å². The summed E-state index contributed by atoms with van der Waals surface area (Å²) in [5.74, 6) is 0. The van der Waals surface area contributed by atoms with E-state index in [1.165, 1.54) is 11.1 Å². The lowest BCUT2D eigenvalue weighted by atomic mass is 9.81. The van der Waals surface area contributed by atoms with Crippen LogP contribution >= 0.6 is 0 Å². The Morgan fingerprint density at radius 3 is 2.24 bits per heavy atom. The molecule has 0 amide bonds. The lowest BCUT2D eigenvalue weighted by molar-refractivity contribution is -0.422. The quantitative estimate of drug-likeness (QED) is 0.336. The van der Waals surface area contributed by atoms with Crippen LogP contribution in [0.15, 0.2) is 84.6 Å². The summed E-state index contributed by atoms with van der Waals surface area (Å²) in [4.78, 5) is 24.8. The summed E-state index contributed by atoms with van der Waals surface area (Å²) in [5, 5.41) is 0. The number of anilines is 1. The smallest absolute Gasteiger partial charge is 0.210 e. The number of hydrogen-bond acceptors (Lipinski definition) is 3. The topological polar surface area (TPSA) is 40.4 Å². The zero-order valence-electron chi connectivity index (χ0n) is 19.8. The molecule has 0 N–H and O–H groups in total. The summed E-state index contributed by atoms with van der Waals surface area (Å²) in [6.07, 6.45) is 12.2. The molecule has 0 saturated carbocycles. The first kappa shape index (κ1) is 22.7. The van der Waals surface area contributed by atoms with Crippen LogP contribution in [0.25, 0.3) is 0 Å². The molecule has 2 aliphatic rings. The molecular formula is C29H31N2O2+. The Hall–Kier alpha value is -3.53. The van der Waals surface area contributed by atoms with Crippen molar-refractivity contribution in [2.24, 2.45) is 0 Å². The van der Waals surface area contributed by atoms with Crippen LogP contribution in [0.3, 0.4) is 0 Å². The van der Waals surface area contributed by atoms with Crippen molar-refractivity contribution in [3.8, 4) is 0 Å². The predicted molar refractivity (Wildman–Crippen MR) is 135 cm³/mol. The molecule has 2 heterocycles. The van der Waals surface area contributed by atoms with Gasteiger partial charge >= 0.3 is 0 Å². The highest BCUT2D eigenvalue weighted by molar-refractivity contribution is 6.03. The van der Waals surface area contributed by atoms with Gasteiger partial charge in [-0.1, -0.05) is 68.5 Å². The zero-order chi connectivity index (χ0) is 23.6. The number of carbonyl (C=O) groups is 2. The molecule has 0 saturated heterocycles. The van der Waals surface area contributed by atoms with E-state index in [9.17, 15) is 9.59 Å². The number of aldehydes is 2. The third-order valence-corrected chi connectivity index (χ3v) is 6.84. The van der Waals surface area contributed by atoms with Gasteiger partial charge in [-0.15, -0.1) is 0 Å². The van der Waals surface area contributed by atoms with E-state index < -0.39 is 0 Å². The van der Waals surface area contributed by atoms with Gasteiger partial charge in [-0.05, 0) is 31.6 Å². The maximum absolute atomic E-state index is 11.4. The van der Waals surface area contributed by atoms with E-state index in [2.05, 4.69) is 73.6 Å². The number of allylic oxidation sites excluding steroid dienone is 6. The Morgan fingerprint density at radius 2 is 1.52 bits per heavy atom. The zero-order valence-corrected chi connectivity index (χ0v) is 19.8. The summed E-state index contributed by atoms with van der Waals surface area (Å²) in [6, 6.07) is 16.5. The van der Waals surface area contributed by atoms with E-state index in [0.717, 1.165) is 35.4 Å². The Balaban J connectivity index is 1.63. The Kier molecular flexibility index (Phi) is 6.03. The molecule has 0 unspecified atom stereocenters. The van der Waals surface area contributed by atoms with Crippen LogP contribution in [-0.2, 0) is 20.4 Å². The second kappa shape index (κ2) is 8.78. The van der Waals surface area contributed by atoms with Crippen molar-refractivity contribution in [3.63, 3.8) is 0 Å². The van der Waals surface area contributed by atoms with Crippen LogP contribution in [-0.4, -0.2) is 35.9 Å². The number of rotatable bonds is 7. The van der Waals surface area contributed by atoms with Gasteiger partial charge in [0.1, 0.15) is 6.29 Å². The van der Waals surface area contributed by atoms with E-state index >= 15 is 0 Å². The third kappa shape index (κ3) is 3.80. The monoisotopic (exact) mass is 439 g/mol. The number of nitrogens with zero attached hydrogens (tertiary/aromatic N) is 2. The molecule has 4 rings (SSSR count). The van der Waals surface area contributed by atoms with Crippen LogP contribution in [0, 0.1) is 0 Å².